The van der Waals surface area contributed by atoms with Crippen molar-refractivity contribution < 1.29 is 10.2 Å². The molecule has 0 radical (unpaired) electrons. The maximum Gasteiger partial charge on any atom is 0.0773 e. The van der Waals surface area contributed by atoms with E-state index in [0.717, 1.165) is 6.42 Å². The highest BCUT2D eigenvalue weighted by molar-refractivity contribution is 4.65. The van der Waals surface area contributed by atoms with E-state index in [2.05, 4.69) is 13.8 Å². The minimum absolute atomic E-state index is 0.0853. The Balaban J connectivity index is 3.75. The van der Waals surface area contributed by atoms with Gasteiger partial charge in [-0.05, 0) is 12.3 Å². The van der Waals surface area contributed by atoms with Crippen LogP contribution in [0, 0.1) is 5.92 Å². The van der Waals surface area contributed by atoms with E-state index in [0.29, 0.717) is 5.92 Å². The zero-order valence-electron chi connectivity index (χ0n) is 11.1. The number of hydrogen-bond donors (Lipinski definition) is 2. The maximum atomic E-state index is 9.49. The molecule has 0 aliphatic rings. The smallest absolute Gasteiger partial charge is 0.0773 e. The molecule has 1 unspecified atom stereocenters. The van der Waals surface area contributed by atoms with Gasteiger partial charge in [0, 0.05) is 0 Å². The van der Waals surface area contributed by atoms with Crippen molar-refractivity contribution in [3.05, 3.63) is 0 Å². The highest BCUT2D eigenvalue weighted by Crippen LogP contribution is 2.22. The van der Waals surface area contributed by atoms with Crippen molar-refractivity contribution >= 4 is 0 Å². The second kappa shape index (κ2) is 11.4. The zero-order chi connectivity index (χ0) is 12.2. The van der Waals surface area contributed by atoms with Crippen molar-refractivity contribution in [3.63, 3.8) is 0 Å². The minimum Gasteiger partial charge on any atom is -0.394 e. The monoisotopic (exact) mass is 230 g/mol. The van der Waals surface area contributed by atoms with Gasteiger partial charge in [0.15, 0.2) is 0 Å². The molecule has 0 saturated heterocycles. The number of hydrogen-bond acceptors (Lipinski definition) is 2. The molecular weight excluding hydrogens is 200 g/mol. The molecule has 2 N–H and O–H groups in total. The molecule has 2 nitrogen and oxygen atoms in total. The van der Waals surface area contributed by atoms with E-state index < -0.39 is 6.10 Å². The Morgan fingerprint density at radius 1 is 0.875 bits per heavy atom. The third-order valence-corrected chi connectivity index (χ3v) is 3.25. The van der Waals surface area contributed by atoms with Crippen LogP contribution in [0.4, 0.5) is 0 Å². The molecule has 1 atom stereocenters. The van der Waals surface area contributed by atoms with Crippen LogP contribution in [0.25, 0.3) is 0 Å². The van der Waals surface area contributed by atoms with Gasteiger partial charge in [-0.2, -0.15) is 0 Å². The molecule has 0 bridgehead atoms. The first kappa shape index (κ1) is 15.9. The van der Waals surface area contributed by atoms with Gasteiger partial charge in [0.05, 0.1) is 12.7 Å². The van der Waals surface area contributed by atoms with E-state index in [-0.39, 0.29) is 6.61 Å². The quantitative estimate of drug-likeness (QED) is 0.533. The van der Waals surface area contributed by atoms with Crippen LogP contribution in [-0.4, -0.2) is 22.9 Å². The molecule has 0 aliphatic carbocycles. The van der Waals surface area contributed by atoms with Crippen molar-refractivity contribution in [3.8, 4) is 0 Å². The molecule has 0 aromatic heterocycles. The molecular formula is C14H30O2. The van der Waals surface area contributed by atoms with E-state index in [1.165, 1.54) is 51.4 Å². The summed E-state index contributed by atoms with van der Waals surface area (Å²) in [5.41, 5.74) is 0. The Bertz CT molecular complexity index is 127. The molecule has 0 aromatic rings. The second-order valence-electron chi connectivity index (χ2n) is 4.93. The average molecular weight is 230 g/mol. The number of unbranched alkanes of at least 4 members (excludes halogenated alkanes) is 4. The van der Waals surface area contributed by atoms with Gasteiger partial charge in [0.25, 0.3) is 0 Å². The van der Waals surface area contributed by atoms with Gasteiger partial charge in [0.1, 0.15) is 0 Å². The lowest BCUT2D eigenvalue weighted by Gasteiger charge is -2.19. The Morgan fingerprint density at radius 2 is 1.38 bits per heavy atom. The van der Waals surface area contributed by atoms with E-state index in [9.17, 15) is 5.11 Å². The third kappa shape index (κ3) is 9.17. The first-order valence-corrected chi connectivity index (χ1v) is 7.03. The van der Waals surface area contributed by atoms with Crippen LogP contribution in [0.5, 0.6) is 0 Å². The minimum atomic E-state index is -0.506. The average Bonchev–Trinajstić information content (AvgIpc) is 2.29. The summed E-state index contributed by atoms with van der Waals surface area (Å²) in [7, 11) is 0. The van der Waals surface area contributed by atoms with Crippen molar-refractivity contribution in [2.45, 2.75) is 77.7 Å². The summed E-state index contributed by atoms with van der Waals surface area (Å²) in [5.74, 6) is 0.611. The summed E-state index contributed by atoms with van der Waals surface area (Å²) in [6.07, 6.45) is 10.3. The van der Waals surface area contributed by atoms with Gasteiger partial charge >= 0.3 is 0 Å². The van der Waals surface area contributed by atoms with Crippen LogP contribution in [-0.2, 0) is 0 Å². The van der Waals surface area contributed by atoms with Crippen molar-refractivity contribution in [1.82, 2.24) is 0 Å². The molecule has 98 valence electrons. The Kier molecular flexibility index (Phi) is 11.3. The highest BCUT2D eigenvalue weighted by atomic mass is 16.3. The summed E-state index contributed by atoms with van der Waals surface area (Å²) in [4.78, 5) is 0. The van der Waals surface area contributed by atoms with Crippen LogP contribution >= 0.6 is 0 Å². The highest BCUT2D eigenvalue weighted by Gasteiger charge is 2.13. The van der Waals surface area contributed by atoms with E-state index in [4.69, 9.17) is 5.11 Å². The topological polar surface area (TPSA) is 40.5 Å². The SMILES string of the molecule is CCCCCC(CCCCC)CC(O)CO. The summed E-state index contributed by atoms with van der Waals surface area (Å²) >= 11 is 0. The van der Waals surface area contributed by atoms with Gasteiger partial charge in [0.2, 0.25) is 0 Å². The molecule has 0 rings (SSSR count). The van der Waals surface area contributed by atoms with Crippen LogP contribution < -0.4 is 0 Å². The van der Waals surface area contributed by atoms with Crippen LogP contribution in [0.1, 0.15) is 71.6 Å². The van der Waals surface area contributed by atoms with Crippen molar-refractivity contribution in [2.24, 2.45) is 5.92 Å². The molecule has 0 spiro atoms. The normalized spacial score (nSPS) is 13.3. The molecule has 16 heavy (non-hydrogen) atoms. The van der Waals surface area contributed by atoms with Gasteiger partial charge in [-0.15, -0.1) is 0 Å². The largest absolute Gasteiger partial charge is 0.394 e. The second-order valence-corrected chi connectivity index (χ2v) is 4.93. The van der Waals surface area contributed by atoms with E-state index in [1.807, 2.05) is 0 Å². The third-order valence-electron chi connectivity index (χ3n) is 3.25. The van der Waals surface area contributed by atoms with Gasteiger partial charge in [-0.3, -0.25) is 0 Å². The number of aliphatic hydroxyl groups excluding tert-OH is 2. The Labute approximate surface area is 101 Å². The summed E-state index contributed by atoms with van der Waals surface area (Å²) in [5, 5.41) is 18.4. The van der Waals surface area contributed by atoms with E-state index in [1.54, 1.807) is 0 Å². The molecule has 2 heteroatoms. The zero-order valence-corrected chi connectivity index (χ0v) is 11.1. The predicted octanol–water partition coefficient (Wildman–Crippen LogP) is 3.51. The summed E-state index contributed by atoms with van der Waals surface area (Å²) in [6, 6.07) is 0. The van der Waals surface area contributed by atoms with Crippen LogP contribution in [0.2, 0.25) is 0 Å². The fourth-order valence-corrected chi connectivity index (χ4v) is 2.21. The predicted molar refractivity (Wildman–Crippen MR) is 69.5 cm³/mol. The van der Waals surface area contributed by atoms with Gasteiger partial charge in [-0.25, -0.2) is 0 Å². The Morgan fingerprint density at radius 3 is 1.75 bits per heavy atom. The first-order valence-electron chi connectivity index (χ1n) is 7.03. The van der Waals surface area contributed by atoms with Crippen molar-refractivity contribution in [1.29, 1.82) is 0 Å². The lowest BCUT2D eigenvalue weighted by Crippen LogP contribution is -2.17. The van der Waals surface area contributed by atoms with Crippen LogP contribution in [0.3, 0.4) is 0 Å². The Hall–Kier alpha value is -0.0800. The molecule has 0 amide bonds. The molecule has 0 saturated carbocycles. The lowest BCUT2D eigenvalue weighted by atomic mass is 9.90. The van der Waals surface area contributed by atoms with Crippen LogP contribution in [0.15, 0.2) is 0 Å². The van der Waals surface area contributed by atoms with Gasteiger partial charge < -0.3 is 10.2 Å². The maximum absolute atomic E-state index is 9.49. The summed E-state index contributed by atoms with van der Waals surface area (Å²) in [6.45, 7) is 4.35. The molecule has 0 heterocycles. The fourth-order valence-electron chi connectivity index (χ4n) is 2.21. The first-order chi connectivity index (χ1) is 7.74. The van der Waals surface area contributed by atoms with Gasteiger partial charge in [-0.1, -0.05) is 65.2 Å². The van der Waals surface area contributed by atoms with Crippen molar-refractivity contribution in [2.75, 3.05) is 6.61 Å². The fraction of sp³-hybridized carbons (Fsp3) is 1.00. The number of aliphatic hydroxyl groups is 2. The number of rotatable bonds is 11. The molecule has 0 fully saturated rings. The molecule has 0 aliphatic heterocycles. The lowest BCUT2D eigenvalue weighted by molar-refractivity contribution is 0.0706. The van der Waals surface area contributed by atoms with E-state index >= 15 is 0 Å². The standard InChI is InChI=1S/C14H30O2/c1-3-5-7-9-13(10-8-6-4-2)11-14(16)12-15/h13-16H,3-12H2,1-2H3. The molecule has 0 aromatic carbocycles. The summed E-state index contributed by atoms with van der Waals surface area (Å²) < 4.78 is 0.